The number of hydrogen-bond acceptors (Lipinski definition) is 4. The van der Waals surface area contributed by atoms with Gasteiger partial charge in [0.25, 0.3) is 0 Å². The van der Waals surface area contributed by atoms with E-state index in [4.69, 9.17) is 4.42 Å². The van der Waals surface area contributed by atoms with Gasteiger partial charge < -0.3 is 14.4 Å². The van der Waals surface area contributed by atoms with Crippen LogP contribution in [0.3, 0.4) is 0 Å². The summed E-state index contributed by atoms with van der Waals surface area (Å²) in [6.45, 7) is 4.04. The summed E-state index contributed by atoms with van der Waals surface area (Å²) in [6.07, 6.45) is 1.66. The summed E-state index contributed by atoms with van der Waals surface area (Å²) in [4.78, 5) is 13.2. The van der Waals surface area contributed by atoms with Gasteiger partial charge in [0.15, 0.2) is 5.78 Å². The van der Waals surface area contributed by atoms with E-state index in [0.29, 0.717) is 12.1 Å². The van der Waals surface area contributed by atoms with Crippen molar-refractivity contribution in [1.82, 2.24) is 0 Å². The van der Waals surface area contributed by atoms with Crippen molar-refractivity contribution in [2.24, 2.45) is 0 Å². The number of furan rings is 1. The highest BCUT2D eigenvalue weighted by atomic mass is 16.3. The minimum Gasteiger partial charge on any atom is -0.507 e. The largest absolute Gasteiger partial charge is 0.507 e. The highest BCUT2D eigenvalue weighted by Gasteiger charge is 2.11. The molecule has 0 unspecified atom stereocenters. The molecule has 0 amide bonds. The third kappa shape index (κ3) is 2.78. The van der Waals surface area contributed by atoms with Crippen LogP contribution in [0.4, 0.5) is 5.69 Å². The normalized spacial score (nSPS) is 10.5. The SMILES string of the molecule is CC(=O)c1ccc(N(C)Cc2ccoc2C)cc1O. The number of aromatic hydroxyl groups is 1. The lowest BCUT2D eigenvalue weighted by molar-refractivity contribution is 0.101. The Morgan fingerprint density at radius 3 is 2.63 bits per heavy atom. The van der Waals surface area contributed by atoms with Crippen LogP contribution in [0.2, 0.25) is 0 Å². The molecular weight excluding hydrogens is 242 g/mol. The minimum absolute atomic E-state index is 0.0146. The zero-order valence-electron chi connectivity index (χ0n) is 11.3. The van der Waals surface area contributed by atoms with E-state index in [-0.39, 0.29) is 11.5 Å². The van der Waals surface area contributed by atoms with E-state index in [1.54, 1.807) is 18.4 Å². The molecule has 100 valence electrons. The van der Waals surface area contributed by atoms with Crippen molar-refractivity contribution in [3.63, 3.8) is 0 Å². The summed E-state index contributed by atoms with van der Waals surface area (Å²) >= 11 is 0. The number of phenols is 1. The number of anilines is 1. The first-order valence-corrected chi connectivity index (χ1v) is 6.07. The Morgan fingerprint density at radius 1 is 1.37 bits per heavy atom. The Hall–Kier alpha value is -2.23. The van der Waals surface area contributed by atoms with Crippen LogP contribution >= 0.6 is 0 Å². The van der Waals surface area contributed by atoms with Crippen molar-refractivity contribution in [2.75, 3.05) is 11.9 Å². The predicted molar refractivity (Wildman–Crippen MR) is 73.7 cm³/mol. The van der Waals surface area contributed by atoms with Gasteiger partial charge in [0, 0.05) is 30.9 Å². The number of Topliss-reactive ketones (excluding diaryl/α,β-unsaturated/α-hetero) is 1. The molecule has 0 fully saturated rings. The molecule has 0 aliphatic heterocycles. The lowest BCUT2D eigenvalue weighted by Gasteiger charge is -2.19. The van der Waals surface area contributed by atoms with Gasteiger partial charge in [-0.1, -0.05) is 0 Å². The van der Waals surface area contributed by atoms with E-state index < -0.39 is 0 Å². The molecule has 4 heteroatoms. The number of aryl methyl sites for hydroxylation is 1. The molecule has 0 spiro atoms. The van der Waals surface area contributed by atoms with Crippen molar-refractivity contribution in [1.29, 1.82) is 0 Å². The highest BCUT2D eigenvalue weighted by Crippen LogP contribution is 2.25. The third-order valence-corrected chi connectivity index (χ3v) is 3.18. The molecule has 0 aliphatic rings. The molecule has 0 atom stereocenters. The van der Waals surface area contributed by atoms with Gasteiger partial charge in [0.05, 0.1) is 11.8 Å². The fourth-order valence-corrected chi connectivity index (χ4v) is 1.98. The number of benzene rings is 1. The smallest absolute Gasteiger partial charge is 0.163 e. The Morgan fingerprint density at radius 2 is 2.11 bits per heavy atom. The first kappa shape index (κ1) is 13.2. The maximum absolute atomic E-state index is 11.3. The van der Waals surface area contributed by atoms with Gasteiger partial charge in [-0.3, -0.25) is 4.79 Å². The molecular formula is C15H17NO3. The molecule has 0 aliphatic carbocycles. The molecule has 2 aromatic rings. The zero-order chi connectivity index (χ0) is 14.0. The molecule has 1 heterocycles. The fraction of sp³-hybridized carbons (Fsp3) is 0.267. The fourth-order valence-electron chi connectivity index (χ4n) is 1.98. The average Bonchev–Trinajstić information content (AvgIpc) is 2.74. The molecule has 0 saturated heterocycles. The molecule has 1 aromatic carbocycles. The number of hydrogen-bond donors (Lipinski definition) is 1. The van der Waals surface area contributed by atoms with Crippen LogP contribution < -0.4 is 4.90 Å². The molecule has 4 nitrogen and oxygen atoms in total. The van der Waals surface area contributed by atoms with Crippen LogP contribution in [0.25, 0.3) is 0 Å². The predicted octanol–water partition coefficient (Wildman–Crippen LogP) is 3.13. The first-order chi connectivity index (χ1) is 8.99. The van der Waals surface area contributed by atoms with Gasteiger partial charge in [0.2, 0.25) is 0 Å². The van der Waals surface area contributed by atoms with E-state index in [0.717, 1.165) is 17.0 Å². The minimum atomic E-state index is -0.141. The standard InChI is InChI=1S/C15H17NO3/c1-10(17)14-5-4-13(8-15(14)18)16(3)9-12-6-7-19-11(12)2/h4-8,18H,9H2,1-3H3. The van der Waals surface area contributed by atoms with Crippen molar-refractivity contribution in [3.05, 3.63) is 47.4 Å². The number of nitrogens with zero attached hydrogens (tertiary/aromatic N) is 1. The van der Waals surface area contributed by atoms with Gasteiger partial charge in [-0.2, -0.15) is 0 Å². The summed E-state index contributed by atoms with van der Waals surface area (Å²) in [6, 6.07) is 7.00. The van der Waals surface area contributed by atoms with E-state index in [1.165, 1.54) is 6.92 Å². The van der Waals surface area contributed by atoms with E-state index in [2.05, 4.69) is 0 Å². The van der Waals surface area contributed by atoms with Crippen LogP contribution in [0, 0.1) is 6.92 Å². The number of ketones is 1. The molecule has 0 radical (unpaired) electrons. The Bertz CT molecular complexity index is 601. The monoisotopic (exact) mass is 259 g/mol. The Balaban J connectivity index is 2.20. The molecule has 1 N–H and O–H groups in total. The summed E-state index contributed by atoms with van der Waals surface area (Å²) < 4.78 is 5.25. The highest BCUT2D eigenvalue weighted by molar-refractivity contribution is 5.97. The molecule has 19 heavy (non-hydrogen) atoms. The maximum Gasteiger partial charge on any atom is 0.163 e. The van der Waals surface area contributed by atoms with Gasteiger partial charge >= 0.3 is 0 Å². The maximum atomic E-state index is 11.3. The summed E-state index contributed by atoms with van der Waals surface area (Å²) in [5.41, 5.74) is 2.29. The van der Waals surface area contributed by atoms with Crippen molar-refractivity contribution in [3.8, 4) is 5.75 Å². The van der Waals surface area contributed by atoms with Gasteiger partial charge in [-0.05, 0) is 32.0 Å². The second kappa shape index (κ2) is 5.18. The molecule has 1 aromatic heterocycles. The number of carbonyl (C=O) groups is 1. The second-order valence-electron chi connectivity index (χ2n) is 4.62. The summed E-state index contributed by atoms with van der Waals surface area (Å²) in [5.74, 6) is 0.759. The van der Waals surface area contributed by atoms with E-state index in [1.807, 2.05) is 31.0 Å². The summed E-state index contributed by atoms with van der Waals surface area (Å²) in [7, 11) is 1.93. The van der Waals surface area contributed by atoms with E-state index >= 15 is 0 Å². The quantitative estimate of drug-likeness (QED) is 0.857. The van der Waals surface area contributed by atoms with Crippen molar-refractivity contribution < 1.29 is 14.3 Å². The summed E-state index contributed by atoms with van der Waals surface area (Å²) in [5, 5.41) is 9.83. The molecule has 2 rings (SSSR count). The zero-order valence-corrected chi connectivity index (χ0v) is 11.3. The van der Waals surface area contributed by atoms with Gasteiger partial charge in [-0.25, -0.2) is 0 Å². The van der Waals surface area contributed by atoms with Gasteiger partial charge in [-0.15, -0.1) is 0 Å². The number of phenolic OH excluding ortho intramolecular Hbond substituents is 1. The average molecular weight is 259 g/mol. The lowest BCUT2D eigenvalue weighted by atomic mass is 10.1. The van der Waals surface area contributed by atoms with Crippen molar-refractivity contribution in [2.45, 2.75) is 20.4 Å². The van der Waals surface area contributed by atoms with Crippen LogP contribution in [0.15, 0.2) is 34.9 Å². The van der Waals surface area contributed by atoms with Crippen LogP contribution in [0.5, 0.6) is 5.75 Å². The van der Waals surface area contributed by atoms with Crippen molar-refractivity contribution >= 4 is 11.5 Å². The molecule has 0 bridgehead atoms. The third-order valence-electron chi connectivity index (χ3n) is 3.18. The lowest BCUT2D eigenvalue weighted by Crippen LogP contribution is -2.16. The molecule has 0 saturated carbocycles. The van der Waals surface area contributed by atoms with Crippen LogP contribution in [0.1, 0.15) is 28.6 Å². The number of rotatable bonds is 4. The number of carbonyl (C=O) groups excluding carboxylic acids is 1. The van der Waals surface area contributed by atoms with Gasteiger partial charge in [0.1, 0.15) is 11.5 Å². The second-order valence-corrected chi connectivity index (χ2v) is 4.62. The first-order valence-electron chi connectivity index (χ1n) is 6.07. The van der Waals surface area contributed by atoms with Crippen LogP contribution in [-0.4, -0.2) is 17.9 Å². The van der Waals surface area contributed by atoms with Crippen LogP contribution in [-0.2, 0) is 6.54 Å². The Kier molecular flexibility index (Phi) is 3.60. The van der Waals surface area contributed by atoms with E-state index in [9.17, 15) is 9.90 Å². The Labute approximate surface area is 112 Å². The topological polar surface area (TPSA) is 53.7 Å².